The van der Waals surface area contributed by atoms with E-state index in [1.807, 2.05) is 30.3 Å². The number of amides is 1. The third kappa shape index (κ3) is 3.08. The van der Waals surface area contributed by atoms with Crippen LogP contribution in [0.2, 0.25) is 0 Å². The van der Waals surface area contributed by atoms with Gasteiger partial charge in [0.15, 0.2) is 0 Å². The highest BCUT2D eigenvalue weighted by atomic mass is 16.2. The summed E-state index contributed by atoms with van der Waals surface area (Å²) in [5, 5.41) is 7.57. The van der Waals surface area contributed by atoms with Crippen LogP contribution in [-0.4, -0.2) is 24.0 Å². The summed E-state index contributed by atoms with van der Waals surface area (Å²) in [6, 6.07) is 18.4. The zero-order chi connectivity index (χ0) is 18.0. The second kappa shape index (κ2) is 6.89. The molecule has 1 aliphatic rings. The molecular formula is C22H23N3O. The molecule has 1 amide bonds. The molecule has 1 aromatic heterocycles. The van der Waals surface area contributed by atoms with Crippen LogP contribution in [-0.2, 0) is 17.8 Å². The van der Waals surface area contributed by atoms with Crippen LogP contribution >= 0.6 is 0 Å². The number of benzene rings is 2. The zero-order valence-electron chi connectivity index (χ0n) is 15.0. The maximum atomic E-state index is 13.0. The number of carbonyl (C=O) groups is 1. The fourth-order valence-electron chi connectivity index (χ4n) is 3.69. The van der Waals surface area contributed by atoms with Crippen LogP contribution in [0.25, 0.3) is 10.9 Å². The first kappa shape index (κ1) is 16.7. The average Bonchev–Trinajstić information content (AvgIpc) is 2.64. The van der Waals surface area contributed by atoms with Crippen molar-refractivity contribution in [2.24, 2.45) is 5.41 Å². The van der Waals surface area contributed by atoms with E-state index in [1.54, 1.807) is 6.20 Å². The zero-order valence-corrected chi connectivity index (χ0v) is 15.0. The van der Waals surface area contributed by atoms with Gasteiger partial charge in [0.1, 0.15) is 0 Å². The molecule has 0 unspecified atom stereocenters. The number of hydrogen-bond donors (Lipinski definition) is 2. The molecule has 0 saturated carbocycles. The molecule has 1 fully saturated rings. The van der Waals surface area contributed by atoms with Gasteiger partial charge in [0.25, 0.3) is 0 Å². The largest absolute Gasteiger partial charge is 0.351 e. The Hall–Kier alpha value is -2.72. The van der Waals surface area contributed by atoms with Crippen molar-refractivity contribution in [3.63, 3.8) is 0 Å². The predicted octanol–water partition coefficient (Wildman–Crippen LogP) is 2.99. The third-order valence-corrected chi connectivity index (χ3v) is 5.35. The van der Waals surface area contributed by atoms with Crippen molar-refractivity contribution in [2.75, 3.05) is 13.1 Å². The SMILES string of the molecule is Cc1ccc2ncccc2c1CNC(=O)C1(Cc2ccccc2)CNC1. The normalized spacial score (nSPS) is 15.4. The van der Waals surface area contributed by atoms with Crippen molar-refractivity contribution >= 4 is 16.8 Å². The van der Waals surface area contributed by atoms with Gasteiger partial charge >= 0.3 is 0 Å². The van der Waals surface area contributed by atoms with Gasteiger partial charge in [-0.15, -0.1) is 0 Å². The fourth-order valence-corrected chi connectivity index (χ4v) is 3.69. The summed E-state index contributed by atoms with van der Waals surface area (Å²) in [5.41, 5.74) is 4.14. The van der Waals surface area contributed by atoms with Crippen molar-refractivity contribution in [1.82, 2.24) is 15.6 Å². The van der Waals surface area contributed by atoms with E-state index in [2.05, 4.69) is 46.8 Å². The molecule has 0 spiro atoms. The van der Waals surface area contributed by atoms with E-state index in [9.17, 15) is 4.79 Å². The molecule has 4 rings (SSSR count). The highest BCUT2D eigenvalue weighted by Crippen LogP contribution is 2.29. The first-order valence-corrected chi connectivity index (χ1v) is 9.04. The molecule has 4 nitrogen and oxygen atoms in total. The van der Waals surface area contributed by atoms with Gasteiger partial charge in [-0.25, -0.2) is 0 Å². The lowest BCUT2D eigenvalue weighted by molar-refractivity contribution is -0.134. The Kier molecular flexibility index (Phi) is 4.43. The van der Waals surface area contributed by atoms with Crippen LogP contribution in [0.3, 0.4) is 0 Å². The smallest absolute Gasteiger partial charge is 0.229 e. The maximum Gasteiger partial charge on any atom is 0.229 e. The van der Waals surface area contributed by atoms with Gasteiger partial charge < -0.3 is 10.6 Å². The molecular weight excluding hydrogens is 322 g/mol. The van der Waals surface area contributed by atoms with Crippen LogP contribution in [0.1, 0.15) is 16.7 Å². The number of pyridine rings is 1. The minimum atomic E-state index is -0.349. The van der Waals surface area contributed by atoms with E-state index in [1.165, 1.54) is 11.1 Å². The van der Waals surface area contributed by atoms with Gasteiger partial charge in [-0.2, -0.15) is 0 Å². The minimum absolute atomic E-state index is 0.125. The number of rotatable bonds is 5. The molecule has 132 valence electrons. The van der Waals surface area contributed by atoms with Gasteiger partial charge in [-0.3, -0.25) is 9.78 Å². The number of aryl methyl sites for hydroxylation is 1. The molecule has 3 aromatic rings. The van der Waals surface area contributed by atoms with Crippen LogP contribution in [0.4, 0.5) is 0 Å². The van der Waals surface area contributed by atoms with Crippen molar-refractivity contribution < 1.29 is 4.79 Å². The van der Waals surface area contributed by atoms with E-state index < -0.39 is 0 Å². The molecule has 0 atom stereocenters. The van der Waals surface area contributed by atoms with Gasteiger partial charge in [0.2, 0.25) is 5.91 Å². The lowest BCUT2D eigenvalue weighted by Crippen LogP contribution is -2.62. The van der Waals surface area contributed by atoms with E-state index in [0.29, 0.717) is 6.54 Å². The first-order chi connectivity index (χ1) is 12.7. The van der Waals surface area contributed by atoms with Crippen molar-refractivity contribution in [2.45, 2.75) is 19.9 Å². The van der Waals surface area contributed by atoms with Crippen LogP contribution in [0, 0.1) is 12.3 Å². The Balaban J connectivity index is 1.53. The Morgan fingerprint density at radius 3 is 2.65 bits per heavy atom. The van der Waals surface area contributed by atoms with Gasteiger partial charge in [0, 0.05) is 31.2 Å². The highest BCUT2D eigenvalue weighted by molar-refractivity contribution is 5.86. The van der Waals surface area contributed by atoms with Crippen molar-refractivity contribution in [3.05, 3.63) is 77.5 Å². The molecule has 1 aliphatic heterocycles. The summed E-state index contributed by atoms with van der Waals surface area (Å²) in [7, 11) is 0. The van der Waals surface area contributed by atoms with Crippen LogP contribution < -0.4 is 10.6 Å². The topological polar surface area (TPSA) is 54.0 Å². The lowest BCUT2D eigenvalue weighted by atomic mass is 9.75. The second-order valence-electron chi connectivity index (χ2n) is 7.16. The Labute approximate surface area is 153 Å². The molecule has 0 radical (unpaired) electrons. The van der Waals surface area contributed by atoms with Gasteiger partial charge in [-0.05, 0) is 42.2 Å². The quantitative estimate of drug-likeness (QED) is 0.747. The molecule has 0 bridgehead atoms. The summed E-state index contributed by atoms with van der Waals surface area (Å²) in [6.45, 7) is 4.07. The van der Waals surface area contributed by atoms with Crippen molar-refractivity contribution in [3.8, 4) is 0 Å². The van der Waals surface area contributed by atoms with E-state index in [4.69, 9.17) is 0 Å². The molecule has 26 heavy (non-hydrogen) atoms. The van der Waals surface area contributed by atoms with E-state index in [-0.39, 0.29) is 11.3 Å². The number of fused-ring (bicyclic) bond motifs is 1. The first-order valence-electron chi connectivity index (χ1n) is 9.04. The summed E-state index contributed by atoms with van der Waals surface area (Å²) in [6.07, 6.45) is 2.57. The summed E-state index contributed by atoms with van der Waals surface area (Å²) in [5.74, 6) is 0.125. The molecule has 4 heteroatoms. The minimum Gasteiger partial charge on any atom is -0.351 e. The Morgan fingerprint density at radius 2 is 1.92 bits per heavy atom. The summed E-state index contributed by atoms with van der Waals surface area (Å²) < 4.78 is 0. The number of carbonyl (C=O) groups excluding carboxylic acids is 1. The maximum absolute atomic E-state index is 13.0. The summed E-state index contributed by atoms with van der Waals surface area (Å²) in [4.78, 5) is 17.4. The lowest BCUT2D eigenvalue weighted by Gasteiger charge is -2.41. The van der Waals surface area contributed by atoms with Crippen molar-refractivity contribution in [1.29, 1.82) is 0 Å². The number of nitrogens with zero attached hydrogens (tertiary/aromatic N) is 1. The van der Waals surface area contributed by atoms with Gasteiger partial charge in [0.05, 0.1) is 10.9 Å². The monoisotopic (exact) mass is 345 g/mol. The summed E-state index contributed by atoms with van der Waals surface area (Å²) >= 11 is 0. The third-order valence-electron chi connectivity index (χ3n) is 5.35. The van der Waals surface area contributed by atoms with Crippen LogP contribution in [0.5, 0.6) is 0 Å². The number of aromatic nitrogens is 1. The molecule has 2 heterocycles. The van der Waals surface area contributed by atoms with Gasteiger partial charge in [-0.1, -0.05) is 42.5 Å². The van der Waals surface area contributed by atoms with E-state index >= 15 is 0 Å². The molecule has 1 saturated heterocycles. The molecule has 2 aromatic carbocycles. The average molecular weight is 345 g/mol. The standard InChI is InChI=1S/C22H23N3O/c1-16-9-10-20-18(8-5-11-24-20)19(16)13-25-21(26)22(14-23-15-22)12-17-6-3-2-4-7-17/h2-11,23H,12-15H2,1H3,(H,25,26). The van der Waals surface area contributed by atoms with Crippen LogP contribution in [0.15, 0.2) is 60.8 Å². The Morgan fingerprint density at radius 1 is 1.12 bits per heavy atom. The number of nitrogens with one attached hydrogen (secondary N) is 2. The molecule has 2 N–H and O–H groups in total. The Bertz CT molecular complexity index is 933. The number of hydrogen-bond acceptors (Lipinski definition) is 3. The van der Waals surface area contributed by atoms with E-state index in [0.717, 1.165) is 36.0 Å². The highest BCUT2D eigenvalue weighted by Gasteiger charge is 2.44. The molecule has 0 aliphatic carbocycles. The predicted molar refractivity (Wildman–Crippen MR) is 104 cm³/mol. The fraction of sp³-hybridized carbons (Fsp3) is 0.273. The second-order valence-corrected chi connectivity index (χ2v) is 7.16.